The molecular formula is C22H23F3N4O. The van der Waals surface area contributed by atoms with Crippen molar-refractivity contribution < 1.29 is 17.9 Å². The van der Waals surface area contributed by atoms with E-state index in [0.29, 0.717) is 29.6 Å². The number of alkyl halides is 3. The topological polar surface area (TPSA) is 59.1 Å². The van der Waals surface area contributed by atoms with Crippen LogP contribution in [0, 0.1) is 6.92 Å². The van der Waals surface area contributed by atoms with E-state index in [0.717, 1.165) is 5.56 Å². The van der Waals surface area contributed by atoms with Crippen molar-refractivity contribution in [3.8, 4) is 17.0 Å². The SMILES string of the molecule is Cc1ccc(CNc2cc(-c3cccc(OC(F)(F)F)c3)nc(NC(C)C)n2)cc1. The molecule has 3 rings (SSSR count). The van der Waals surface area contributed by atoms with Crippen molar-refractivity contribution in [3.63, 3.8) is 0 Å². The van der Waals surface area contributed by atoms with Crippen LogP contribution in [0.25, 0.3) is 11.3 Å². The molecule has 5 nitrogen and oxygen atoms in total. The molecule has 1 aromatic heterocycles. The Bertz CT molecular complexity index is 988. The minimum atomic E-state index is -4.75. The van der Waals surface area contributed by atoms with Gasteiger partial charge in [0, 0.05) is 24.2 Å². The van der Waals surface area contributed by atoms with Crippen molar-refractivity contribution in [3.05, 3.63) is 65.7 Å². The second kappa shape index (κ2) is 9.02. The van der Waals surface area contributed by atoms with E-state index in [9.17, 15) is 13.2 Å². The van der Waals surface area contributed by atoms with E-state index in [1.165, 1.54) is 23.8 Å². The molecule has 1 heterocycles. The molecule has 2 aromatic carbocycles. The first-order valence-corrected chi connectivity index (χ1v) is 9.49. The number of halogens is 3. The van der Waals surface area contributed by atoms with Gasteiger partial charge in [-0.25, -0.2) is 4.98 Å². The molecule has 0 spiro atoms. The van der Waals surface area contributed by atoms with Crippen LogP contribution in [-0.4, -0.2) is 22.4 Å². The van der Waals surface area contributed by atoms with Crippen LogP contribution in [0.2, 0.25) is 0 Å². The van der Waals surface area contributed by atoms with Crippen LogP contribution in [0.4, 0.5) is 24.9 Å². The van der Waals surface area contributed by atoms with Gasteiger partial charge in [0.15, 0.2) is 0 Å². The van der Waals surface area contributed by atoms with Gasteiger partial charge in [0.1, 0.15) is 11.6 Å². The lowest BCUT2D eigenvalue weighted by Gasteiger charge is -2.14. The predicted molar refractivity (Wildman–Crippen MR) is 111 cm³/mol. The van der Waals surface area contributed by atoms with Gasteiger partial charge in [-0.2, -0.15) is 4.98 Å². The van der Waals surface area contributed by atoms with Crippen LogP contribution in [-0.2, 0) is 6.54 Å². The number of anilines is 2. The summed E-state index contributed by atoms with van der Waals surface area (Å²) in [5.41, 5.74) is 3.23. The lowest BCUT2D eigenvalue weighted by Crippen LogP contribution is -2.17. The van der Waals surface area contributed by atoms with Gasteiger partial charge < -0.3 is 15.4 Å². The summed E-state index contributed by atoms with van der Waals surface area (Å²) in [6, 6.07) is 15.6. The largest absolute Gasteiger partial charge is 0.573 e. The summed E-state index contributed by atoms with van der Waals surface area (Å²) in [4.78, 5) is 8.92. The maximum Gasteiger partial charge on any atom is 0.573 e. The van der Waals surface area contributed by atoms with E-state index < -0.39 is 6.36 Å². The van der Waals surface area contributed by atoms with Gasteiger partial charge in [-0.1, -0.05) is 42.0 Å². The van der Waals surface area contributed by atoms with Crippen LogP contribution in [0.1, 0.15) is 25.0 Å². The van der Waals surface area contributed by atoms with Gasteiger partial charge in [0.2, 0.25) is 5.95 Å². The number of aryl methyl sites for hydroxylation is 1. The molecule has 0 unspecified atom stereocenters. The second-order valence-corrected chi connectivity index (χ2v) is 7.18. The number of benzene rings is 2. The van der Waals surface area contributed by atoms with Crippen molar-refractivity contribution >= 4 is 11.8 Å². The first-order valence-electron chi connectivity index (χ1n) is 9.49. The third kappa shape index (κ3) is 6.37. The maximum atomic E-state index is 12.6. The number of nitrogens with zero attached hydrogens (tertiary/aromatic N) is 2. The standard InChI is InChI=1S/C22H23F3N4O/c1-14(2)27-21-28-19(17-5-4-6-18(11-17)30-22(23,24)25)12-20(29-21)26-13-16-9-7-15(3)8-10-16/h4-12,14H,13H2,1-3H3,(H2,26,27,28,29). The molecule has 0 aliphatic carbocycles. The van der Waals surface area contributed by atoms with Gasteiger partial charge in [0.05, 0.1) is 5.69 Å². The average Bonchev–Trinajstić information content (AvgIpc) is 2.66. The summed E-state index contributed by atoms with van der Waals surface area (Å²) in [6.45, 7) is 6.48. The second-order valence-electron chi connectivity index (χ2n) is 7.18. The summed E-state index contributed by atoms with van der Waals surface area (Å²) >= 11 is 0. The van der Waals surface area contributed by atoms with Crippen LogP contribution in [0.3, 0.4) is 0 Å². The Balaban J connectivity index is 1.89. The first kappa shape index (κ1) is 21.4. The zero-order chi connectivity index (χ0) is 21.7. The van der Waals surface area contributed by atoms with Gasteiger partial charge in [-0.05, 0) is 38.5 Å². The Kier molecular flexibility index (Phi) is 6.44. The molecule has 0 fully saturated rings. The zero-order valence-electron chi connectivity index (χ0n) is 16.9. The molecule has 0 saturated carbocycles. The quantitative estimate of drug-likeness (QED) is 0.511. The molecule has 0 atom stereocenters. The maximum absolute atomic E-state index is 12.6. The molecule has 0 aliphatic rings. The van der Waals surface area contributed by atoms with Crippen LogP contribution in [0.5, 0.6) is 5.75 Å². The molecular weight excluding hydrogens is 393 g/mol. The number of hydrogen-bond acceptors (Lipinski definition) is 5. The van der Waals surface area contributed by atoms with Crippen molar-refractivity contribution in [1.82, 2.24) is 9.97 Å². The number of aromatic nitrogens is 2. The fourth-order valence-corrected chi connectivity index (χ4v) is 2.76. The number of hydrogen-bond donors (Lipinski definition) is 2. The normalized spacial score (nSPS) is 11.4. The first-order chi connectivity index (χ1) is 14.2. The smallest absolute Gasteiger partial charge is 0.406 e. The Morgan fingerprint density at radius 3 is 2.40 bits per heavy atom. The molecule has 8 heteroatoms. The fraction of sp³-hybridized carbons (Fsp3) is 0.273. The van der Waals surface area contributed by atoms with E-state index >= 15 is 0 Å². The summed E-state index contributed by atoms with van der Waals surface area (Å²) in [6.07, 6.45) is -4.75. The van der Waals surface area contributed by atoms with Gasteiger partial charge >= 0.3 is 6.36 Å². The number of ether oxygens (including phenoxy) is 1. The highest BCUT2D eigenvalue weighted by Crippen LogP contribution is 2.28. The Morgan fingerprint density at radius 1 is 1.00 bits per heavy atom. The van der Waals surface area contributed by atoms with Gasteiger partial charge in [0.25, 0.3) is 0 Å². The Hall–Kier alpha value is -3.29. The molecule has 158 valence electrons. The van der Waals surface area contributed by atoms with Crippen molar-refractivity contribution in [2.24, 2.45) is 0 Å². The lowest BCUT2D eigenvalue weighted by molar-refractivity contribution is -0.274. The van der Waals surface area contributed by atoms with E-state index in [-0.39, 0.29) is 11.8 Å². The summed E-state index contributed by atoms with van der Waals surface area (Å²) in [5.74, 6) is 0.646. The average molecular weight is 416 g/mol. The predicted octanol–water partition coefficient (Wildman–Crippen LogP) is 5.78. The highest BCUT2D eigenvalue weighted by molar-refractivity contribution is 5.66. The minimum Gasteiger partial charge on any atom is -0.406 e. The lowest BCUT2D eigenvalue weighted by atomic mass is 10.1. The van der Waals surface area contributed by atoms with Crippen LogP contribution >= 0.6 is 0 Å². The molecule has 2 N–H and O–H groups in total. The summed E-state index contributed by atoms with van der Waals surface area (Å²) < 4.78 is 41.7. The van der Waals surface area contributed by atoms with Crippen molar-refractivity contribution in [1.29, 1.82) is 0 Å². The third-order valence-corrected chi connectivity index (χ3v) is 4.10. The van der Waals surface area contributed by atoms with Crippen molar-refractivity contribution in [2.45, 2.75) is 39.7 Å². The molecule has 0 amide bonds. The van der Waals surface area contributed by atoms with Gasteiger partial charge in [-0.15, -0.1) is 13.2 Å². The zero-order valence-corrected chi connectivity index (χ0v) is 16.9. The molecule has 30 heavy (non-hydrogen) atoms. The highest BCUT2D eigenvalue weighted by Gasteiger charge is 2.31. The molecule has 3 aromatic rings. The minimum absolute atomic E-state index is 0.0881. The van der Waals surface area contributed by atoms with E-state index in [1.54, 1.807) is 12.1 Å². The molecule has 0 aliphatic heterocycles. The van der Waals surface area contributed by atoms with E-state index in [2.05, 4.69) is 25.3 Å². The highest BCUT2D eigenvalue weighted by atomic mass is 19.4. The van der Waals surface area contributed by atoms with Crippen LogP contribution in [0.15, 0.2) is 54.6 Å². The molecule has 0 bridgehead atoms. The van der Waals surface area contributed by atoms with E-state index in [4.69, 9.17) is 0 Å². The fourth-order valence-electron chi connectivity index (χ4n) is 2.76. The Labute approximate surface area is 173 Å². The third-order valence-electron chi connectivity index (χ3n) is 4.10. The monoisotopic (exact) mass is 416 g/mol. The summed E-state index contributed by atoms with van der Waals surface area (Å²) in [7, 11) is 0. The van der Waals surface area contributed by atoms with Crippen molar-refractivity contribution in [2.75, 3.05) is 10.6 Å². The molecule has 0 saturated heterocycles. The summed E-state index contributed by atoms with van der Waals surface area (Å²) in [5, 5.41) is 6.40. The van der Waals surface area contributed by atoms with Gasteiger partial charge in [-0.3, -0.25) is 0 Å². The Morgan fingerprint density at radius 2 is 1.73 bits per heavy atom. The molecule has 0 radical (unpaired) electrons. The number of rotatable bonds is 7. The van der Waals surface area contributed by atoms with E-state index in [1.807, 2.05) is 45.0 Å². The van der Waals surface area contributed by atoms with Crippen LogP contribution < -0.4 is 15.4 Å². The number of nitrogens with one attached hydrogen (secondary N) is 2.